The lowest BCUT2D eigenvalue weighted by atomic mass is 9.81. The van der Waals surface area contributed by atoms with Crippen molar-refractivity contribution in [3.63, 3.8) is 0 Å². The van der Waals surface area contributed by atoms with Crippen molar-refractivity contribution in [2.45, 2.75) is 44.6 Å². The van der Waals surface area contributed by atoms with Gasteiger partial charge in [-0.1, -0.05) is 25.3 Å². The summed E-state index contributed by atoms with van der Waals surface area (Å²) in [7, 11) is 0. The van der Waals surface area contributed by atoms with E-state index < -0.39 is 34.9 Å². The minimum atomic E-state index is -0.808. The normalized spacial score (nSPS) is 18.0. The molecule has 2 aliphatic rings. The van der Waals surface area contributed by atoms with E-state index in [1.54, 1.807) is 19.1 Å². The van der Waals surface area contributed by atoms with Crippen LogP contribution in [0.3, 0.4) is 0 Å². The van der Waals surface area contributed by atoms with Crippen LogP contribution in [0.4, 0.5) is 29.3 Å². The van der Waals surface area contributed by atoms with Gasteiger partial charge in [0.2, 0.25) is 5.91 Å². The van der Waals surface area contributed by atoms with Gasteiger partial charge in [0.15, 0.2) is 0 Å². The van der Waals surface area contributed by atoms with Crippen molar-refractivity contribution < 1.29 is 22.8 Å². The number of hydrogen-bond donors (Lipinski definition) is 1. The molecule has 8 heteroatoms. The Bertz CT molecular complexity index is 1000. The summed E-state index contributed by atoms with van der Waals surface area (Å²) < 4.78 is 41.5. The molecule has 1 saturated carbocycles. The van der Waals surface area contributed by atoms with E-state index in [1.807, 2.05) is 0 Å². The first kappa shape index (κ1) is 21.2. The number of nitrogens with zero attached hydrogens (tertiary/aromatic N) is 2. The molecule has 0 aromatic heterocycles. The number of amides is 3. The summed E-state index contributed by atoms with van der Waals surface area (Å²) in [4.78, 5) is 28.9. The number of carbonyl (C=O) groups excluding carboxylic acids is 2. The summed E-state index contributed by atoms with van der Waals surface area (Å²) in [5.41, 5.74) is 0.347. The van der Waals surface area contributed by atoms with Crippen LogP contribution in [-0.4, -0.2) is 35.5 Å². The van der Waals surface area contributed by atoms with E-state index in [-0.39, 0.29) is 17.9 Å². The average molecular weight is 431 g/mol. The molecule has 1 aliphatic heterocycles. The van der Waals surface area contributed by atoms with Crippen LogP contribution < -0.4 is 10.2 Å². The number of hydrogen-bond acceptors (Lipinski definition) is 2. The van der Waals surface area contributed by atoms with Crippen LogP contribution in [0.1, 0.15) is 37.7 Å². The van der Waals surface area contributed by atoms with E-state index in [0.29, 0.717) is 25.5 Å². The highest BCUT2D eigenvalue weighted by atomic mass is 19.1. The Morgan fingerprint density at radius 1 is 1.03 bits per heavy atom. The number of anilines is 2. The summed E-state index contributed by atoms with van der Waals surface area (Å²) in [6.45, 7) is 1.79. The Balaban J connectivity index is 1.59. The number of urea groups is 1. The maximum Gasteiger partial charge on any atom is 0.325 e. The number of nitrogens with one attached hydrogen (secondary N) is 1. The van der Waals surface area contributed by atoms with Crippen molar-refractivity contribution in [3.05, 3.63) is 59.4 Å². The maximum atomic E-state index is 14.6. The minimum absolute atomic E-state index is 0.0201. The van der Waals surface area contributed by atoms with Crippen LogP contribution in [-0.2, 0) is 4.79 Å². The number of halogens is 3. The second kappa shape index (κ2) is 8.24. The van der Waals surface area contributed by atoms with Crippen LogP contribution in [0.25, 0.3) is 0 Å². The molecule has 0 bridgehead atoms. The van der Waals surface area contributed by atoms with Gasteiger partial charge in [0, 0.05) is 11.8 Å². The molecule has 0 unspecified atom stereocenters. The molecule has 1 spiro atoms. The second-order valence-electron chi connectivity index (χ2n) is 8.40. The van der Waals surface area contributed by atoms with Crippen molar-refractivity contribution in [3.8, 4) is 0 Å². The highest BCUT2D eigenvalue weighted by molar-refractivity contribution is 6.00. The summed E-state index contributed by atoms with van der Waals surface area (Å²) in [5.74, 6) is -2.66. The largest absolute Gasteiger partial charge is 0.325 e. The predicted molar refractivity (Wildman–Crippen MR) is 111 cm³/mol. The number of aryl methyl sites for hydroxylation is 1. The van der Waals surface area contributed by atoms with Crippen molar-refractivity contribution in [1.29, 1.82) is 0 Å². The molecule has 1 saturated heterocycles. The van der Waals surface area contributed by atoms with Crippen molar-refractivity contribution in [2.75, 3.05) is 23.3 Å². The Labute approximate surface area is 178 Å². The fourth-order valence-corrected chi connectivity index (χ4v) is 4.66. The SMILES string of the molecule is Cc1ccc(N2CC3(CCCCC3)N(CC(=O)Nc3cc(F)cc(F)c3)C2=O)c(F)c1. The molecule has 2 fully saturated rings. The van der Waals surface area contributed by atoms with Gasteiger partial charge in [-0.15, -0.1) is 0 Å². The summed E-state index contributed by atoms with van der Waals surface area (Å²) >= 11 is 0. The standard InChI is InChI=1S/C23H24F3N3O2/c1-15-5-6-20(19(26)9-15)28-14-23(7-3-2-4-8-23)29(22(28)31)13-21(30)27-18-11-16(24)10-17(25)12-18/h5-6,9-12H,2-4,7-8,13-14H2,1H3,(H,27,30). The predicted octanol–water partition coefficient (Wildman–Crippen LogP) is 5.00. The molecule has 164 valence electrons. The lowest BCUT2D eigenvalue weighted by Crippen LogP contribution is -2.51. The molecular weight excluding hydrogens is 407 g/mol. The Hall–Kier alpha value is -3.03. The van der Waals surface area contributed by atoms with Gasteiger partial charge in [-0.05, 0) is 49.6 Å². The van der Waals surface area contributed by atoms with E-state index in [0.717, 1.165) is 37.0 Å². The fourth-order valence-electron chi connectivity index (χ4n) is 4.66. The van der Waals surface area contributed by atoms with Crippen LogP contribution in [0.15, 0.2) is 36.4 Å². The quantitative estimate of drug-likeness (QED) is 0.741. The van der Waals surface area contributed by atoms with Gasteiger partial charge < -0.3 is 10.2 Å². The van der Waals surface area contributed by atoms with Crippen molar-refractivity contribution in [1.82, 2.24) is 4.90 Å². The average Bonchev–Trinajstić information content (AvgIpc) is 2.93. The molecule has 2 aromatic rings. The minimum Gasteiger partial charge on any atom is -0.324 e. The number of benzene rings is 2. The molecular formula is C23H24F3N3O2. The topological polar surface area (TPSA) is 52.6 Å². The molecule has 31 heavy (non-hydrogen) atoms. The van der Waals surface area contributed by atoms with Crippen molar-refractivity contribution >= 4 is 23.3 Å². The number of carbonyl (C=O) groups is 2. The number of rotatable bonds is 4. The maximum absolute atomic E-state index is 14.6. The second-order valence-corrected chi connectivity index (χ2v) is 8.40. The van der Waals surface area contributed by atoms with Gasteiger partial charge in [0.25, 0.3) is 0 Å². The van der Waals surface area contributed by atoms with Crippen LogP contribution in [0, 0.1) is 24.4 Å². The van der Waals surface area contributed by atoms with Gasteiger partial charge in [-0.3, -0.25) is 9.69 Å². The van der Waals surface area contributed by atoms with Crippen LogP contribution in [0.5, 0.6) is 0 Å². The first-order valence-electron chi connectivity index (χ1n) is 10.4. The molecule has 1 N–H and O–H groups in total. The van der Waals surface area contributed by atoms with E-state index >= 15 is 0 Å². The van der Waals surface area contributed by atoms with E-state index in [2.05, 4.69) is 5.32 Å². The van der Waals surface area contributed by atoms with Gasteiger partial charge in [-0.2, -0.15) is 0 Å². The highest BCUT2D eigenvalue weighted by Gasteiger charge is 2.51. The Kier molecular flexibility index (Phi) is 5.64. The molecule has 1 aliphatic carbocycles. The van der Waals surface area contributed by atoms with Gasteiger partial charge >= 0.3 is 6.03 Å². The first-order valence-corrected chi connectivity index (χ1v) is 10.4. The van der Waals surface area contributed by atoms with Gasteiger partial charge in [0.1, 0.15) is 24.0 Å². The van der Waals surface area contributed by atoms with Crippen LogP contribution in [0.2, 0.25) is 0 Å². The molecule has 0 radical (unpaired) electrons. The van der Waals surface area contributed by atoms with Gasteiger partial charge in [-0.25, -0.2) is 18.0 Å². The summed E-state index contributed by atoms with van der Waals surface area (Å²) in [6, 6.07) is 7.00. The molecule has 0 atom stereocenters. The molecule has 3 amide bonds. The lowest BCUT2D eigenvalue weighted by Gasteiger charge is -2.39. The third kappa shape index (κ3) is 4.24. The summed E-state index contributed by atoms with van der Waals surface area (Å²) in [6.07, 6.45) is 4.28. The smallest absolute Gasteiger partial charge is 0.324 e. The van der Waals surface area contributed by atoms with Gasteiger partial charge in [0.05, 0.1) is 17.8 Å². The van der Waals surface area contributed by atoms with Crippen molar-refractivity contribution in [2.24, 2.45) is 0 Å². The Morgan fingerprint density at radius 3 is 2.35 bits per heavy atom. The molecule has 5 nitrogen and oxygen atoms in total. The monoisotopic (exact) mass is 431 g/mol. The first-order chi connectivity index (χ1) is 14.8. The zero-order chi connectivity index (χ0) is 22.2. The van der Waals surface area contributed by atoms with E-state index in [9.17, 15) is 22.8 Å². The Morgan fingerprint density at radius 2 is 1.71 bits per heavy atom. The third-order valence-corrected chi connectivity index (χ3v) is 6.11. The fraction of sp³-hybridized carbons (Fsp3) is 0.391. The molecule has 1 heterocycles. The zero-order valence-electron chi connectivity index (χ0n) is 17.3. The van der Waals surface area contributed by atoms with E-state index in [1.165, 1.54) is 15.9 Å². The third-order valence-electron chi connectivity index (χ3n) is 6.11. The molecule has 2 aromatic carbocycles. The molecule has 4 rings (SSSR count). The van der Waals surface area contributed by atoms with E-state index in [4.69, 9.17) is 0 Å². The summed E-state index contributed by atoms with van der Waals surface area (Å²) in [5, 5.41) is 2.46. The van der Waals surface area contributed by atoms with Crippen LogP contribution >= 0.6 is 0 Å². The highest BCUT2D eigenvalue weighted by Crippen LogP contribution is 2.41. The zero-order valence-corrected chi connectivity index (χ0v) is 17.3. The lowest BCUT2D eigenvalue weighted by molar-refractivity contribution is -0.117.